The van der Waals surface area contributed by atoms with E-state index in [0.29, 0.717) is 13.0 Å². The summed E-state index contributed by atoms with van der Waals surface area (Å²) in [5.41, 5.74) is 0. The van der Waals surface area contributed by atoms with Crippen molar-refractivity contribution in [3.63, 3.8) is 0 Å². The molecule has 5 nitrogen and oxygen atoms in total. The predicted octanol–water partition coefficient (Wildman–Crippen LogP) is 0.243. The molecular weight excluding hydrogens is 240 g/mol. The third-order valence-electron chi connectivity index (χ3n) is 2.64. The summed E-state index contributed by atoms with van der Waals surface area (Å²) in [6, 6.07) is 7.39. The van der Waals surface area contributed by atoms with Crippen molar-refractivity contribution in [3.8, 4) is 0 Å². The third-order valence-corrected chi connectivity index (χ3v) is 4.12. The molecule has 0 bridgehead atoms. The lowest BCUT2D eigenvalue weighted by Gasteiger charge is -2.22. The highest BCUT2D eigenvalue weighted by molar-refractivity contribution is 7.89. The molecule has 2 rings (SSSR count). The lowest BCUT2D eigenvalue weighted by atomic mass is 10.1. The van der Waals surface area contributed by atoms with E-state index in [4.69, 9.17) is 0 Å². The molecule has 1 atom stereocenters. The van der Waals surface area contributed by atoms with E-state index in [9.17, 15) is 13.2 Å². The van der Waals surface area contributed by atoms with Gasteiger partial charge in [0.1, 0.15) is 6.04 Å². The van der Waals surface area contributed by atoms with Gasteiger partial charge in [-0.05, 0) is 25.0 Å². The van der Waals surface area contributed by atoms with Crippen LogP contribution in [0.15, 0.2) is 35.2 Å². The van der Waals surface area contributed by atoms with Gasteiger partial charge in [0, 0.05) is 6.54 Å². The minimum atomic E-state index is -3.60. The molecule has 1 aromatic rings. The molecule has 0 aliphatic carbocycles. The topological polar surface area (TPSA) is 75.3 Å². The Bertz CT molecular complexity index is 499. The SMILES string of the molecule is O=C1NCCC[C@H]1NS(=O)(=O)c1ccccc1. The van der Waals surface area contributed by atoms with Gasteiger partial charge in [-0.15, -0.1) is 0 Å². The number of amides is 1. The Kier molecular flexibility index (Phi) is 3.44. The van der Waals surface area contributed by atoms with E-state index in [1.807, 2.05) is 0 Å². The third kappa shape index (κ3) is 2.83. The molecule has 1 aliphatic heterocycles. The molecule has 1 amide bonds. The normalized spacial score (nSPS) is 20.9. The van der Waals surface area contributed by atoms with Crippen LogP contribution in [0.5, 0.6) is 0 Å². The molecule has 0 radical (unpaired) electrons. The zero-order valence-corrected chi connectivity index (χ0v) is 10.0. The van der Waals surface area contributed by atoms with Crippen molar-refractivity contribution >= 4 is 15.9 Å². The maximum Gasteiger partial charge on any atom is 0.241 e. The quantitative estimate of drug-likeness (QED) is 0.811. The molecule has 1 heterocycles. The van der Waals surface area contributed by atoms with E-state index in [2.05, 4.69) is 10.0 Å². The van der Waals surface area contributed by atoms with Crippen molar-refractivity contribution in [1.29, 1.82) is 0 Å². The van der Waals surface area contributed by atoms with Gasteiger partial charge in [-0.2, -0.15) is 4.72 Å². The van der Waals surface area contributed by atoms with Crippen molar-refractivity contribution in [2.75, 3.05) is 6.54 Å². The summed E-state index contributed by atoms with van der Waals surface area (Å²) in [6.45, 7) is 0.613. The van der Waals surface area contributed by atoms with Crippen molar-refractivity contribution in [2.24, 2.45) is 0 Å². The van der Waals surface area contributed by atoms with E-state index in [0.717, 1.165) is 6.42 Å². The van der Waals surface area contributed by atoms with Crippen LogP contribution >= 0.6 is 0 Å². The number of piperidine rings is 1. The first-order chi connectivity index (χ1) is 8.09. The zero-order valence-electron chi connectivity index (χ0n) is 9.22. The number of carbonyl (C=O) groups is 1. The van der Waals surface area contributed by atoms with E-state index in [1.54, 1.807) is 18.2 Å². The fraction of sp³-hybridized carbons (Fsp3) is 0.364. The second kappa shape index (κ2) is 4.85. The van der Waals surface area contributed by atoms with Gasteiger partial charge in [0.2, 0.25) is 15.9 Å². The smallest absolute Gasteiger partial charge is 0.241 e. The summed E-state index contributed by atoms with van der Waals surface area (Å²) >= 11 is 0. The largest absolute Gasteiger partial charge is 0.355 e. The minimum Gasteiger partial charge on any atom is -0.355 e. The highest BCUT2D eigenvalue weighted by Crippen LogP contribution is 2.11. The molecule has 2 N–H and O–H groups in total. The Balaban J connectivity index is 2.15. The summed E-state index contributed by atoms with van der Waals surface area (Å²) in [4.78, 5) is 11.6. The molecule has 0 saturated carbocycles. The number of carbonyl (C=O) groups excluding carboxylic acids is 1. The zero-order chi connectivity index (χ0) is 12.3. The van der Waals surface area contributed by atoms with Crippen LogP contribution in [0.3, 0.4) is 0 Å². The molecule has 0 unspecified atom stereocenters. The van der Waals surface area contributed by atoms with Crippen LogP contribution in [-0.4, -0.2) is 26.9 Å². The highest BCUT2D eigenvalue weighted by atomic mass is 32.2. The highest BCUT2D eigenvalue weighted by Gasteiger charge is 2.27. The molecule has 6 heteroatoms. The lowest BCUT2D eigenvalue weighted by Crippen LogP contribution is -2.50. The summed E-state index contributed by atoms with van der Waals surface area (Å²) in [5.74, 6) is -0.254. The van der Waals surface area contributed by atoms with Crippen LogP contribution < -0.4 is 10.0 Å². The van der Waals surface area contributed by atoms with Crippen molar-refractivity contribution in [1.82, 2.24) is 10.0 Å². The van der Waals surface area contributed by atoms with Crippen LogP contribution in [0.25, 0.3) is 0 Å². The molecular formula is C11H14N2O3S. The van der Waals surface area contributed by atoms with Gasteiger partial charge < -0.3 is 5.32 Å². The van der Waals surface area contributed by atoms with E-state index >= 15 is 0 Å². The van der Waals surface area contributed by atoms with Gasteiger partial charge in [-0.25, -0.2) is 8.42 Å². The number of hydrogen-bond donors (Lipinski definition) is 2. The van der Waals surface area contributed by atoms with Crippen LogP contribution in [0, 0.1) is 0 Å². The van der Waals surface area contributed by atoms with Gasteiger partial charge >= 0.3 is 0 Å². The van der Waals surface area contributed by atoms with Crippen LogP contribution in [0.2, 0.25) is 0 Å². The predicted molar refractivity (Wildman–Crippen MR) is 62.8 cm³/mol. The average molecular weight is 254 g/mol. The molecule has 0 aromatic heterocycles. The number of rotatable bonds is 3. The lowest BCUT2D eigenvalue weighted by molar-refractivity contribution is -0.124. The Morgan fingerprint density at radius 1 is 1.24 bits per heavy atom. The fourth-order valence-electron chi connectivity index (χ4n) is 1.74. The summed E-state index contributed by atoms with van der Waals surface area (Å²) in [7, 11) is -3.60. The van der Waals surface area contributed by atoms with Crippen molar-refractivity contribution in [3.05, 3.63) is 30.3 Å². The van der Waals surface area contributed by atoms with Crippen molar-refractivity contribution < 1.29 is 13.2 Å². The fourth-order valence-corrected chi connectivity index (χ4v) is 2.99. The standard InChI is InChI=1S/C11H14N2O3S/c14-11-10(7-4-8-12-11)13-17(15,16)9-5-2-1-3-6-9/h1-3,5-6,10,13H,4,7-8H2,(H,12,14)/t10-/m1/s1. The van der Waals surface area contributed by atoms with Gasteiger partial charge in [-0.3, -0.25) is 4.79 Å². The maximum absolute atomic E-state index is 12.0. The van der Waals surface area contributed by atoms with Gasteiger partial charge in [0.05, 0.1) is 4.90 Å². The molecule has 1 saturated heterocycles. The van der Waals surface area contributed by atoms with E-state index < -0.39 is 16.1 Å². The minimum absolute atomic E-state index is 0.179. The number of hydrogen-bond acceptors (Lipinski definition) is 3. The van der Waals surface area contributed by atoms with Crippen molar-refractivity contribution in [2.45, 2.75) is 23.8 Å². The summed E-state index contributed by atoms with van der Waals surface area (Å²) in [6.07, 6.45) is 1.33. The molecule has 1 aromatic carbocycles. The first kappa shape index (κ1) is 12.1. The van der Waals surface area contributed by atoms with Crippen LogP contribution in [0.4, 0.5) is 0 Å². The first-order valence-corrected chi connectivity index (χ1v) is 6.93. The van der Waals surface area contributed by atoms with Gasteiger partial charge in [0.15, 0.2) is 0 Å². The molecule has 0 spiro atoms. The average Bonchev–Trinajstić information content (AvgIpc) is 2.33. The molecule has 92 valence electrons. The summed E-state index contributed by atoms with van der Waals surface area (Å²) < 4.78 is 26.3. The van der Waals surface area contributed by atoms with E-state index in [-0.39, 0.29) is 10.8 Å². The number of benzene rings is 1. The maximum atomic E-state index is 12.0. The summed E-state index contributed by atoms with van der Waals surface area (Å²) in [5, 5.41) is 2.64. The molecule has 17 heavy (non-hydrogen) atoms. The van der Waals surface area contributed by atoms with Gasteiger partial charge in [0.25, 0.3) is 0 Å². The van der Waals surface area contributed by atoms with Crippen LogP contribution in [0.1, 0.15) is 12.8 Å². The van der Waals surface area contributed by atoms with Crippen LogP contribution in [-0.2, 0) is 14.8 Å². The molecule has 1 aliphatic rings. The second-order valence-corrected chi connectivity index (χ2v) is 5.63. The first-order valence-electron chi connectivity index (χ1n) is 5.45. The Hall–Kier alpha value is -1.40. The molecule has 1 fully saturated rings. The Morgan fingerprint density at radius 3 is 2.59 bits per heavy atom. The number of sulfonamides is 1. The second-order valence-electron chi connectivity index (χ2n) is 3.92. The van der Waals surface area contributed by atoms with E-state index in [1.165, 1.54) is 12.1 Å². The van der Waals surface area contributed by atoms with Gasteiger partial charge in [-0.1, -0.05) is 18.2 Å². The Labute approximate surface area is 100 Å². The number of nitrogens with one attached hydrogen (secondary N) is 2. The monoisotopic (exact) mass is 254 g/mol. The Morgan fingerprint density at radius 2 is 1.94 bits per heavy atom.